The second-order valence-corrected chi connectivity index (χ2v) is 8.94. The number of rotatable bonds is 5. The first-order chi connectivity index (χ1) is 12.6. The highest BCUT2D eigenvalue weighted by molar-refractivity contribution is 7.92. The average Bonchev–Trinajstić information content (AvgIpc) is 3.01. The second-order valence-electron chi connectivity index (χ2n) is 7.26. The van der Waals surface area contributed by atoms with Gasteiger partial charge in [0.05, 0.1) is 16.8 Å². The summed E-state index contributed by atoms with van der Waals surface area (Å²) in [5.74, 6) is 1.48. The number of aromatic nitrogens is 2. The van der Waals surface area contributed by atoms with Crippen molar-refractivity contribution < 1.29 is 12.9 Å². The van der Waals surface area contributed by atoms with Crippen LogP contribution < -0.4 is 10.0 Å². The first kappa shape index (κ1) is 18.9. The van der Waals surface area contributed by atoms with Gasteiger partial charge in [-0.1, -0.05) is 38.1 Å². The Morgan fingerprint density at radius 1 is 1.00 bits per heavy atom. The van der Waals surface area contributed by atoms with Crippen LogP contribution in [-0.4, -0.2) is 18.6 Å². The highest BCUT2D eigenvalue weighted by Crippen LogP contribution is 2.24. The molecule has 0 spiro atoms. The fourth-order valence-corrected chi connectivity index (χ4v) is 3.44. The van der Waals surface area contributed by atoms with Crippen molar-refractivity contribution in [3.8, 4) is 0 Å². The SMILES string of the molecule is Cc1cc(Nc2ccc(NS(=O)(=O)c3ccc(C(C)(C)C)cc3)nc2)no1. The number of sulfonamides is 1. The fraction of sp³-hybridized carbons (Fsp3) is 0.263. The molecule has 2 N–H and O–H groups in total. The third kappa shape index (κ3) is 4.65. The number of hydrogen-bond acceptors (Lipinski definition) is 6. The molecule has 0 atom stereocenters. The molecular weight excluding hydrogens is 364 g/mol. The van der Waals surface area contributed by atoms with Gasteiger partial charge in [0, 0.05) is 6.07 Å². The molecule has 0 unspecified atom stereocenters. The Kier molecular flexibility index (Phi) is 4.93. The van der Waals surface area contributed by atoms with Crippen LogP contribution in [0.2, 0.25) is 0 Å². The van der Waals surface area contributed by atoms with Gasteiger partial charge in [-0.3, -0.25) is 4.72 Å². The summed E-state index contributed by atoms with van der Waals surface area (Å²) in [6.45, 7) is 8.03. The number of nitrogens with zero attached hydrogens (tertiary/aromatic N) is 2. The summed E-state index contributed by atoms with van der Waals surface area (Å²) in [5, 5.41) is 6.85. The van der Waals surface area contributed by atoms with E-state index in [1.807, 2.05) is 12.1 Å². The van der Waals surface area contributed by atoms with Crippen LogP contribution in [0.3, 0.4) is 0 Å². The summed E-state index contributed by atoms with van der Waals surface area (Å²) in [4.78, 5) is 4.33. The summed E-state index contributed by atoms with van der Waals surface area (Å²) in [7, 11) is -3.70. The molecule has 1 aromatic carbocycles. The molecule has 7 nitrogen and oxygen atoms in total. The van der Waals surface area contributed by atoms with Crippen molar-refractivity contribution in [3.05, 3.63) is 60.0 Å². The van der Waals surface area contributed by atoms with E-state index in [2.05, 4.69) is 41.0 Å². The van der Waals surface area contributed by atoms with Gasteiger partial charge in [0.15, 0.2) is 5.82 Å². The minimum absolute atomic E-state index is 0.0392. The van der Waals surface area contributed by atoms with Gasteiger partial charge in [0.1, 0.15) is 11.6 Å². The number of hydrogen-bond donors (Lipinski definition) is 2. The summed E-state index contributed by atoms with van der Waals surface area (Å²) in [5.41, 5.74) is 1.70. The van der Waals surface area contributed by atoms with Crippen molar-refractivity contribution in [1.29, 1.82) is 0 Å². The molecule has 0 aliphatic heterocycles. The summed E-state index contributed by atoms with van der Waals surface area (Å²) < 4.78 is 32.6. The highest BCUT2D eigenvalue weighted by atomic mass is 32.2. The summed E-state index contributed by atoms with van der Waals surface area (Å²) >= 11 is 0. The lowest BCUT2D eigenvalue weighted by Gasteiger charge is -2.19. The van der Waals surface area contributed by atoms with E-state index in [4.69, 9.17) is 4.52 Å². The highest BCUT2D eigenvalue weighted by Gasteiger charge is 2.18. The van der Waals surface area contributed by atoms with E-state index in [9.17, 15) is 8.42 Å². The summed E-state index contributed by atoms with van der Waals surface area (Å²) in [6, 6.07) is 11.9. The Morgan fingerprint density at radius 2 is 1.70 bits per heavy atom. The Hall–Kier alpha value is -2.87. The molecule has 0 bridgehead atoms. The molecule has 142 valence electrons. The lowest BCUT2D eigenvalue weighted by molar-refractivity contribution is 0.400. The molecule has 8 heteroatoms. The molecule has 27 heavy (non-hydrogen) atoms. The van der Waals surface area contributed by atoms with Crippen LogP contribution in [0.15, 0.2) is 58.1 Å². The quantitative estimate of drug-likeness (QED) is 0.681. The van der Waals surface area contributed by atoms with E-state index in [1.165, 1.54) is 6.20 Å². The Labute approximate surface area is 158 Å². The van der Waals surface area contributed by atoms with Crippen molar-refractivity contribution in [2.45, 2.75) is 38.0 Å². The first-order valence-electron chi connectivity index (χ1n) is 8.43. The van der Waals surface area contributed by atoms with E-state index in [-0.39, 0.29) is 16.1 Å². The average molecular weight is 386 g/mol. The minimum atomic E-state index is -3.70. The number of aryl methyl sites for hydroxylation is 1. The van der Waals surface area contributed by atoms with Crippen molar-refractivity contribution in [1.82, 2.24) is 10.1 Å². The van der Waals surface area contributed by atoms with Gasteiger partial charge in [-0.25, -0.2) is 13.4 Å². The van der Waals surface area contributed by atoms with Gasteiger partial charge in [0.25, 0.3) is 10.0 Å². The van der Waals surface area contributed by atoms with Gasteiger partial charge in [-0.2, -0.15) is 0 Å². The van der Waals surface area contributed by atoms with Crippen molar-refractivity contribution in [3.63, 3.8) is 0 Å². The monoisotopic (exact) mass is 386 g/mol. The first-order valence-corrected chi connectivity index (χ1v) is 9.91. The molecule has 3 aromatic rings. The molecule has 3 rings (SSSR count). The van der Waals surface area contributed by atoms with Crippen LogP contribution in [0.25, 0.3) is 0 Å². The fourth-order valence-electron chi connectivity index (χ4n) is 2.43. The molecule has 0 aliphatic carbocycles. The zero-order valence-electron chi connectivity index (χ0n) is 15.6. The predicted molar refractivity (Wildman–Crippen MR) is 105 cm³/mol. The predicted octanol–water partition coefficient (Wildman–Crippen LogP) is 4.22. The summed E-state index contributed by atoms with van der Waals surface area (Å²) in [6.07, 6.45) is 1.52. The maximum Gasteiger partial charge on any atom is 0.263 e. The van der Waals surface area contributed by atoms with E-state index >= 15 is 0 Å². The third-order valence-corrected chi connectivity index (χ3v) is 5.30. The lowest BCUT2D eigenvalue weighted by Crippen LogP contribution is -2.15. The number of nitrogens with one attached hydrogen (secondary N) is 2. The van der Waals surface area contributed by atoms with E-state index in [1.54, 1.807) is 37.3 Å². The largest absolute Gasteiger partial charge is 0.360 e. The number of anilines is 3. The second kappa shape index (κ2) is 7.03. The van der Waals surface area contributed by atoms with E-state index < -0.39 is 10.0 Å². The standard InChI is InChI=1S/C19H22N4O3S/c1-13-11-18(22-26-13)21-15-7-10-17(20-12-15)23-27(24,25)16-8-5-14(6-9-16)19(2,3)4/h5-12H,1-4H3,(H,20,23)(H,21,22). The van der Waals surface area contributed by atoms with Gasteiger partial charge >= 0.3 is 0 Å². The molecular formula is C19H22N4O3S. The Morgan fingerprint density at radius 3 is 2.22 bits per heavy atom. The van der Waals surface area contributed by atoms with Crippen molar-refractivity contribution in [2.24, 2.45) is 0 Å². The zero-order valence-corrected chi connectivity index (χ0v) is 16.5. The Bertz CT molecular complexity index is 1020. The number of benzene rings is 1. The van der Waals surface area contributed by atoms with E-state index in [0.29, 0.717) is 17.3 Å². The van der Waals surface area contributed by atoms with Crippen LogP contribution >= 0.6 is 0 Å². The molecule has 0 amide bonds. The molecule has 0 saturated heterocycles. The van der Waals surface area contributed by atoms with Gasteiger partial charge < -0.3 is 9.84 Å². The topological polar surface area (TPSA) is 97.1 Å². The smallest absolute Gasteiger partial charge is 0.263 e. The lowest BCUT2D eigenvalue weighted by atomic mass is 9.87. The molecule has 0 aliphatic rings. The van der Waals surface area contributed by atoms with Gasteiger partial charge in [0.2, 0.25) is 0 Å². The van der Waals surface area contributed by atoms with Crippen LogP contribution in [-0.2, 0) is 15.4 Å². The van der Waals surface area contributed by atoms with E-state index in [0.717, 1.165) is 5.56 Å². The molecule has 0 radical (unpaired) electrons. The molecule has 2 aromatic heterocycles. The maximum absolute atomic E-state index is 12.6. The molecule has 0 fully saturated rings. The van der Waals surface area contributed by atoms with Crippen molar-refractivity contribution in [2.75, 3.05) is 10.0 Å². The van der Waals surface area contributed by atoms with Crippen molar-refractivity contribution >= 4 is 27.3 Å². The van der Waals surface area contributed by atoms with Gasteiger partial charge in [-0.05, 0) is 42.2 Å². The van der Waals surface area contributed by atoms with Crippen LogP contribution in [0.5, 0.6) is 0 Å². The molecule has 2 heterocycles. The van der Waals surface area contributed by atoms with Gasteiger partial charge in [-0.15, -0.1) is 0 Å². The number of pyridine rings is 1. The zero-order chi connectivity index (χ0) is 19.7. The van der Waals surface area contributed by atoms with Crippen LogP contribution in [0, 0.1) is 6.92 Å². The van der Waals surface area contributed by atoms with Crippen LogP contribution in [0.4, 0.5) is 17.3 Å². The maximum atomic E-state index is 12.6. The normalized spacial score (nSPS) is 12.0. The Balaban J connectivity index is 1.72. The van der Waals surface area contributed by atoms with Crippen LogP contribution in [0.1, 0.15) is 32.1 Å². The third-order valence-electron chi connectivity index (χ3n) is 3.93. The minimum Gasteiger partial charge on any atom is -0.360 e. The molecule has 0 saturated carbocycles.